The Morgan fingerprint density at radius 1 is 1.50 bits per heavy atom. The number of hydrogen-bond donors (Lipinski definition) is 1. The summed E-state index contributed by atoms with van der Waals surface area (Å²) in [5, 5.41) is 9.60. The van der Waals surface area contributed by atoms with Crippen molar-refractivity contribution in [3.63, 3.8) is 0 Å². The highest BCUT2D eigenvalue weighted by Gasteiger charge is 2.04. The molecule has 1 N–H and O–H groups in total. The minimum absolute atomic E-state index is 0.306. The molecule has 3 nitrogen and oxygen atoms in total. The summed E-state index contributed by atoms with van der Waals surface area (Å²) in [6.45, 7) is 2.15. The number of nitrogens with zero attached hydrogens (tertiary/aromatic N) is 1. The molecule has 0 unspecified atom stereocenters. The molecule has 0 spiro atoms. The molecule has 0 aromatic carbocycles. The maximum atomic E-state index is 10.7. The summed E-state index contributed by atoms with van der Waals surface area (Å²) in [7, 11) is 0. The highest BCUT2D eigenvalue weighted by atomic mass is 32.2. The summed E-state index contributed by atoms with van der Waals surface area (Å²) in [6.07, 6.45) is 2.68. The minimum Gasteiger partial charge on any atom is -0.478 e. The first-order valence-corrected chi connectivity index (χ1v) is 7.28. The standard InChI is InChI=1S/C11H15NO2S2/c1-2-15-6-3-7-16-10-8-9(11(13)14)4-5-12-10/h4-5,8H,2-3,6-7H2,1H3,(H,13,14). The second kappa shape index (κ2) is 7.57. The van der Waals surface area contributed by atoms with Crippen molar-refractivity contribution in [2.24, 2.45) is 0 Å². The van der Waals surface area contributed by atoms with E-state index >= 15 is 0 Å². The number of hydrogen-bond acceptors (Lipinski definition) is 4. The Kier molecular flexibility index (Phi) is 6.33. The topological polar surface area (TPSA) is 50.2 Å². The maximum Gasteiger partial charge on any atom is 0.335 e. The van der Waals surface area contributed by atoms with E-state index in [0.717, 1.165) is 28.7 Å². The SMILES string of the molecule is CCSCCCSc1cc(C(=O)O)ccn1. The fraction of sp³-hybridized carbons (Fsp3) is 0.455. The Labute approximate surface area is 104 Å². The molecule has 0 fully saturated rings. The number of carbonyl (C=O) groups is 1. The molecule has 0 aliphatic rings. The van der Waals surface area contributed by atoms with Gasteiger partial charge in [0.05, 0.1) is 10.6 Å². The van der Waals surface area contributed by atoms with Crippen molar-refractivity contribution in [1.82, 2.24) is 4.98 Å². The molecule has 1 rings (SSSR count). The molecule has 0 radical (unpaired) electrons. The van der Waals surface area contributed by atoms with E-state index in [1.54, 1.807) is 24.0 Å². The van der Waals surface area contributed by atoms with Gasteiger partial charge in [0.2, 0.25) is 0 Å². The molecule has 0 aliphatic carbocycles. The first-order chi connectivity index (χ1) is 7.74. The van der Waals surface area contributed by atoms with Crippen LogP contribution < -0.4 is 0 Å². The van der Waals surface area contributed by atoms with Gasteiger partial charge in [-0.25, -0.2) is 9.78 Å². The maximum absolute atomic E-state index is 10.7. The average molecular weight is 257 g/mol. The summed E-state index contributed by atoms with van der Waals surface area (Å²) < 4.78 is 0. The molecule has 0 atom stereocenters. The van der Waals surface area contributed by atoms with E-state index in [4.69, 9.17) is 5.11 Å². The zero-order valence-electron chi connectivity index (χ0n) is 9.18. The molecule has 0 saturated carbocycles. The van der Waals surface area contributed by atoms with Gasteiger partial charge in [-0.1, -0.05) is 6.92 Å². The van der Waals surface area contributed by atoms with Crippen LogP contribution >= 0.6 is 23.5 Å². The van der Waals surface area contributed by atoms with Crippen LogP contribution in [-0.4, -0.2) is 33.3 Å². The van der Waals surface area contributed by atoms with Crippen molar-refractivity contribution >= 4 is 29.5 Å². The zero-order chi connectivity index (χ0) is 11.8. The predicted octanol–water partition coefficient (Wildman–Crippen LogP) is 3.02. The molecule has 1 heterocycles. The van der Waals surface area contributed by atoms with Gasteiger partial charge < -0.3 is 5.11 Å². The molecule has 5 heteroatoms. The van der Waals surface area contributed by atoms with Crippen LogP contribution in [0, 0.1) is 0 Å². The van der Waals surface area contributed by atoms with Crippen molar-refractivity contribution in [2.75, 3.05) is 17.3 Å². The van der Waals surface area contributed by atoms with E-state index in [9.17, 15) is 4.79 Å². The van der Waals surface area contributed by atoms with Crippen molar-refractivity contribution in [2.45, 2.75) is 18.4 Å². The number of aromatic nitrogens is 1. The van der Waals surface area contributed by atoms with Crippen LogP contribution in [0.4, 0.5) is 0 Å². The van der Waals surface area contributed by atoms with Gasteiger partial charge in [-0.05, 0) is 30.1 Å². The summed E-state index contributed by atoms with van der Waals surface area (Å²) in [4.78, 5) is 14.9. The second-order valence-electron chi connectivity index (χ2n) is 3.09. The largest absolute Gasteiger partial charge is 0.478 e. The lowest BCUT2D eigenvalue weighted by Gasteiger charge is -2.01. The fourth-order valence-electron chi connectivity index (χ4n) is 1.10. The van der Waals surface area contributed by atoms with Crippen LogP contribution in [0.15, 0.2) is 23.4 Å². The van der Waals surface area contributed by atoms with Crippen molar-refractivity contribution in [3.05, 3.63) is 23.9 Å². The summed E-state index contributed by atoms with van der Waals surface area (Å²) >= 11 is 3.54. The Morgan fingerprint density at radius 2 is 2.31 bits per heavy atom. The van der Waals surface area contributed by atoms with Gasteiger partial charge in [0.15, 0.2) is 0 Å². The van der Waals surface area contributed by atoms with Crippen LogP contribution in [0.25, 0.3) is 0 Å². The van der Waals surface area contributed by atoms with Gasteiger partial charge in [0.1, 0.15) is 0 Å². The first-order valence-electron chi connectivity index (χ1n) is 5.14. The third kappa shape index (κ3) is 4.90. The summed E-state index contributed by atoms with van der Waals surface area (Å²) in [5.41, 5.74) is 0.306. The highest BCUT2D eigenvalue weighted by molar-refractivity contribution is 8.00. The van der Waals surface area contributed by atoms with Crippen molar-refractivity contribution in [3.8, 4) is 0 Å². The smallest absolute Gasteiger partial charge is 0.335 e. The van der Waals surface area contributed by atoms with E-state index in [-0.39, 0.29) is 0 Å². The molecule has 0 amide bonds. The number of carboxylic acids is 1. The van der Waals surface area contributed by atoms with E-state index in [1.165, 1.54) is 6.07 Å². The molecule has 88 valence electrons. The Morgan fingerprint density at radius 3 is 3.00 bits per heavy atom. The molecule has 0 aliphatic heterocycles. The lowest BCUT2D eigenvalue weighted by molar-refractivity contribution is 0.0696. The Hall–Kier alpha value is -0.680. The monoisotopic (exact) mass is 257 g/mol. The molecule has 0 bridgehead atoms. The second-order valence-corrected chi connectivity index (χ2v) is 5.60. The van der Waals surface area contributed by atoms with Gasteiger partial charge in [0, 0.05) is 11.9 Å². The summed E-state index contributed by atoms with van der Waals surface area (Å²) in [5.74, 6) is 2.40. The van der Waals surface area contributed by atoms with Crippen LogP contribution in [0.3, 0.4) is 0 Å². The number of thioether (sulfide) groups is 2. The van der Waals surface area contributed by atoms with Crippen LogP contribution in [0.5, 0.6) is 0 Å². The van der Waals surface area contributed by atoms with Crippen LogP contribution in [0.2, 0.25) is 0 Å². The first kappa shape index (κ1) is 13.4. The van der Waals surface area contributed by atoms with E-state index in [2.05, 4.69) is 11.9 Å². The van der Waals surface area contributed by atoms with Gasteiger partial charge in [-0.2, -0.15) is 11.8 Å². The van der Waals surface area contributed by atoms with E-state index in [1.807, 2.05) is 11.8 Å². The summed E-state index contributed by atoms with van der Waals surface area (Å²) in [6, 6.07) is 3.14. The number of carboxylic acid groups (broad SMARTS) is 1. The Bertz CT molecular complexity index is 345. The van der Waals surface area contributed by atoms with Crippen molar-refractivity contribution < 1.29 is 9.90 Å². The number of rotatable bonds is 7. The van der Waals surface area contributed by atoms with Crippen LogP contribution in [-0.2, 0) is 0 Å². The molecular weight excluding hydrogens is 242 g/mol. The quantitative estimate of drug-likeness (QED) is 0.601. The van der Waals surface area contributed by atoms with Gasteiger partial charge in [-0.3, -0.25) is 0 Å². The lowest BCUT2D eigenvalue weighted by atomic mass is 10.3. The third-order valence-electron chi connectivity index (χ3n) is 1.87. The average Bonchev–Trinajstić information content (AvgIpc) is 2.29. The molecule has 1 aromatic heterocycles. The fourth-order valence-corrected chi connectivity index (χ4v) is 2.77. The number of aromatic carboxylic acids is 1. The number of pyridine rings is 1. The van der Waals surface area contributed by atoms with Crippen molar-refractivity contribution in [1.29, 1.82) is 0 Å². The molecule has 1 aromatic rings. The third-order valence-corrected chi connectivity index (χ3v) is 3.87. The minimum atomic E-state index is -0.897. The van der Waals surface area contributed by atoms with Gasteiger partial charge >= 0.3 is 5.97 Å². The lowest BCUT2D eigenvalue weighted by Crippen LogP contribution is -1.97. The zero-order valence-corrected chi connectivity index (χ0v) is 10.8. The molecule has 16 heavy (non-hydrogen) atoms. The van der Waals surface area contributed by atoms with E-state index in [0.29, 0.717) is 5.56 Å². The van der Waals surface area contributed by atoms with Gasteiger partial charge in [0.25, 0.3) is 0 Å². The predicted molar refractivity (Wildman–Crippen MR) is 69.5 cm³/mol. The van der Waals surface area contributed by atoms with E-state index < -0.39 is 5.97 Å². The molecule has 0 saturated heterocycles. The highest BCUT2D eigenvalue weighted by Crippen LogP contribution is 2.18. The van der Waals surface area contributed by atoms with Crippen LogP contribution in [0.1, 0.15) is 23.7 Å². The molecular formula is C11H15NO2S2. The normalized spacial score (nSPS) is 10.3. The Balaban J connectivity index is 2.36. The van der Waals surface area contributed by atoms with Gasteiger partial charge in [-0.15, -0.1) is 11.8 Å².